The number of carbonyl (C=O) groups excluding carboxylic acids is 1. The monoisotopic (exact) mass is 326 g/mol. The lowest BCUT2D eigenvalue weighted by Gasteiger charge is -2.42. The van der Waals surface area contributed by atoms with Crippen LogP contribution in [0.25, 0.3) is 0 Å². The van der Waals surface area contributed by atoms with Crippen LogP contribution in [-0.4, -0.2) is 20.7 Å². The third kappa shape index (κ3) is 3.62. The summed E-state index contributed by atoms with van der Waals surface area (Å²) in [6, 6.07) is 20.8. The zero-order valence-corrected chi connectivity index (χ0v) is 15.5. The van der Waals surface area contributed by atoms with Gasteiger partial charge in [0.2, 0.25) is 0 Å². The number of hydrogen-bond donors (Lipinski definition) is 0. The molecule has 0 saturated heterocycles. The van der Waals surface area contributed by atoms with Gasteiger partial charge in [-0.15, -0.1) is 0 Å². The highest BCUT2D eigenvalue weighted by molar-refractivity contribution is 6.99. The second-order valence-electron chi connectivity index (χ2n) is 6.84. The fraction of sp³-hybridized carbons (Fsp3) is 0.350. The first-order valence-corrected chi connectivity index (χ1v) is 10.1. The van der Waals surface area contributed by atoms with Gasteiger partial charge < -0.3 is 4.43 Å². The maximum Gasteiger partial charge on any atom is 0.261 e. The molecule has 0 aliphatic heterocycles. The van der Waals surface area contributed by atoms with E-state index in [1.165, 1.54) is 10.4 Å². The van der Waals surface area contributed by atoms with Gasteiger partial charge in [0.25, 0.3) is 8.32 Å². The summed E-state index contributed by atoms with van der Waals surface area (Å²) < 4.78 is 6.51. The fourth-order valence-corrected chi connectivity index (χ4v) is 7.59. The largest absolute Gasteiger partial charge is 0.400 e. The topological polar surface area (TPSA) is 26.3 Å². The average molecular weight is 327 g/mol. The summed E-state index contributed by atoms with van der Waals surface area (Å²) in [7, 11) is -2.55. The van der Waals surface area contributed by atoms with Crippen molar-refractivity contribution in [2.24, 2.45) is 0 Å². The molecule has 0 aliphatic rings. The van der Waals surface area contributed by atoms with Gasteiger partial charge >= 0.3 is 0 Å². The Bertz CT molecular complexity index is 590. The van der Waals surface area contributed by atoms with Crippen molar-refractivity contribution in [2.75, 3.05) is 6.61 Å². The van der Waals surface area contributed by atoms with Crippen LogP contribution in [0, 0.1) is 0 Å². The minimum atomic E-state index is -2.55. The Morgan fingerprint density at radius 2 is 1.35 bits per heavy atom. The molecule has 0 aliphatic carbocycles. The molecule has 0 amide bonds. The Morgan fingerprint density at radius 1 is 0.913 bits per heavy atom. The Balaban J connectivity index is 2.62. The number of carbonyl (C=O) groups is 1. The van der Waals surface area contributed by atoms with Gasteiger partial charge in [0, 0.05) is 6.42 Å². The van der Waals surface area contributed by atoms with E-state index >= 15 is 0 Å². The minimum absolute atomic E-state index is 0.0796. The van der Waals surface area contributed by atoms with E-state index in [1.807, 2.05) is 19.1 Å². The normalized spacial score (nSPS) is 12.2. The molecule has 0 aromatic heterocycles. The van der Waals surface area contributed by atoms with Crippen LogP contribution in [0.15, 0.2) is 60.7 Å². The number of hydrogen-bond acceptors (Lipinski definition) is 2. The molecule has 0 saturated carbocycles. The van der Waals surface area contributed by atoms with Crippen LogP contribution >= 0.6 is 0 Å². The summed E-state index contributed by atoms with van der Waals surface area (Å²) in [5, 5.41) is 2.34. The van der Waals surface area contributed by atoms with Gasteiger partial charge in [-0.1, -0.05) is 88.4 Å². The second kappa shape index (κ2) is 7.24. The maximum atomic E-state index is 11.9. The molecule has 2 nitrogen and oxygen atoms in total. The standard InChI is InChI=1S/C20H26O2Si/c1-5-17(21)16-22-23(20(2,3)4,18-12-8-6-9-13-18)19-14-10-7-11-15-19/h6-15H,5,16H2,1-4H3. The van der Waals surface area contributed by atoms with Crippen molar-refractivity contribution in [1.29, 1.82) is 0 Å². The van der Waals surface area contributed by atoms with Crippen LogP contribution < -0.4 is 10.4 Å². The lowest BCUT2D eigenvalue weighted by Crippen LogP contribution is -2.67. The zero-order valence-electron chi connectivity index (χ0n) is 14.5. The Kier molecular flexibility index (Phi) is 5.55. The number of benzene rings is 2. The molecule has 122 valence electrons. The summed E-state index contributed by atoms with van der Waals surface area (Å²) in [5.41, 5.74) is 0. The van der Waals surface area contributed by atoms with Gasteiger partial charge in [-0.3, -0.25) is 4.79 Å². The fourth-order valence-electron chi connectivity index (χ4n) is 3.05. The molecule has 23 heavy (non-hydrogen) atoms. The first-order chi connectivity index (χ1) is 10.9. The highest BCUT2D eigenvalue weighted by Gasteiger charge is 2.50. The predicted molar refractivity (Wildman–Crippen MR) is 98.9 cm³/mol. The van der Waals surface area contributed by atoms with Crippen molar-refractivity contribution in [3.05, 3.63) is 60.7 Å². The van der Waals surface area contributed by atoms with E-state index < -0.39 is 8.32 Å². The quantitative estimate of drug-likeness (QED) is 0.759. The first-order valence-electron chi connectivity index (χ1n) is 8.18. The van der Waals surface area contributed by atoms with Crippen LogP contribution in [0.4, 0.5) is 0 Å². The van der Waals surface area contributed by atoms with Crippen molar-refractivity contribution in [2.45, 2.75) is 39.2 Å². The molecule has 0 atom stereocenters. The smallest absolute Gasteiger partial charge is 0.261 e. The Hall–Kier alpha value is -1.71. The number of ketones is 1. The van der Waals surface area contributed by atoms with Gasteiger partial charge in [-0.05, 0) is 15.4 Å². The first kappa shape index (κ1) is 17.6. The second-order valence-corrected chi connectivity index (χ2v) is 11.1. The number of Topliss-reactive ketones (excluding diaryl/α,β-unsaturated/α-hetero) is 1. The van der Waals surface area contributed by atoms with E-state index in [0.29, 0.717) is 6.42 Å². The number of rotatable bonds is 6. The summed E-state index contributed by atoms with van der Waals surface area (Å²) in [5.74, 6) is 0.151. The molecule has 2 aromatic carbocycles. The van der Waals surface area contributed by atoms with Crippen LogP contribution in [0.5, 0.6) is 0 Å². The van der Waals surface area contributed by atoms with Crippen molar-refractivity contribution < 1.29 is 9.22 Å². The molecule has 0 N–H and O–H groups in total. The molecule has 0 bridgehead atoms. The SMILES string of the molecule is CCC(=O)CO[Si](c1ccccc1)(c1ccccc1)C(C)(C)C. The van der Waals surface area contributed by atoms with E-state index in [9.17, 15) is 4.79 Å². The van der Waals surface area contributed by atoms with E-state index in [4.69, 9.17) is 4.43 Å². The van der Waals surface area contributed by atoms with E-state index in [-0.39, 0.29) is 17.4 Å². The lowest BCUT2D eigenvalue weighted by molar-refractivity contribution is -0.120. The molecule has 2 aromatic rings. The molecule has 2 rings (SSSR count). The van der Waals surface area contributed by atoms with Gasteiger partial charge in [0.15, 0.2) is 5.78 Å². The van der Waals surface area contributed by atoms with Crippen LogP contribution in [0.3, 0.4) is 0 Å². The summed E-state index contributed by atoms with van der Waals surface area (Å²) >= 11 is 0. The predicted octanol–water partition coefficient (Wildman–Crippen LogP) is 3.54. The average Bonchev–Trinajstić information content (AvgIpc) is 2.56. The molecule has 0 spiro atoms. The van der Waals surface area contributed by atoms with Crippen LogP contribution in [-0.2, 0) is 9.22 Å². The van der Waals surface area contributed by atoms with Crippen LogP contribution in [0.1, 0.15) is 34.1 Å². The van der Waals surface area contributed by atoms with Crippen LogP contribution in [0.2, 0.25) is 5.04 Å². The van der Waals surface area contributed by atoms with Crippen molar-refractivity contribution in [3.8, 4) is 0 Å². The molecular weight excluding hydrogens is 300 g/mol. The molecule has 0 fully saturated rings. The van der Waals surface area contributed by atoms with Crippen molar-refractivity contribution in [3.63, 3.8) is 0 Å². The Morgan fingerprint density at radius 3 is 1.70 bits per heavy atom. The van der Waals surface area contributed by atoms with E-state index in [1.54, 1.807) is 0 Å². The van der Waals surface area contributed by atoms with E-state index in [2.05, 4.69) is 69.3 Å². The lowest BCUT2D eigenvalue weighted by atomic mass is 10.2. The molecule has 0 radical (unpaired) electrons. The molecule has 3 heteroatoms. The highest BCUT2D eigenvalue weighted by Crippen LogP contribution is 2.36. The zero-order chi connectivity index (χ0) is 16.9. The van der Waals surface area contributed by atoms with Gasteiger partial charge in [0.05, 0.1) is 6.61 Å². The van der Waals surface area contributed by atoms with Gasteiger partial charge in [-0.25, -0.2) is 0 Å². The molecular formula is C20H26O2Si. The third-order valence-corrected chi connectivity index (χ3v) is 9.24. The maximum absolute atomic E-state index is 11.9. The van der Waals surface area contributed by atoms with Crippen molar-refractivity contribution in [1.82, 2.24) is 0 Å². The van der Waals surface area contributed by atoms with E-state index in [0.717, 1.165) is 0 Å². The summed E-state index contributed by atoms with van der Waals surface area (Å²) in [4.78, 5) is 11.9. The summed E-state index contributed by atoms with van der Waals surface area (Å²) in [6.45, 7) is 8.72. The summed E-state index contributed by atoms with van der Waals surface area (Å²) in [6.07, 6.45) is 0.512. The molecule has 0 unspecified atom stereocenters. The minimum Gasteiger partial charge on any atom is -0.400 e. The van der Waals surface area contributed by atoms with Crippen molar-refractivity contribution >= 4 is 24.5 Å². The highest BCUT2D eigenvalue weighted by atomic mass is 28.4. The van der Waals surface area contributed by atoms with Gasteiger partial charge in [-0.2, -0.15) is 0 Å². The molecule has 0 heterocycles. The third-order valence-electron chi connectivity index (χ3n) is 4.26. The van der Waals surface area contributed by atoms with Gasteiger partial charge in [0.1, 0.15) is 0 Å². The Labute approximate surface area is 140 Å².